The van der Waals surface area contributed by atoms with Crippen molar-refractivity contribution in [1.82, 2.24) is 5.43 Å². The summed E-state index contributed by atoms with van der Waals surface area (Å²) >= 11 is 1.94. The molecule has 2 rings (SSSR count). The highest BCUT2D eigenvalue weighted by molar-refractivity contribution is 7.12. The van der Waals surface area contributed by atoms with Crippen molar-refractivity contribution in [3.05, 3.63) is 21.4 Å². The average molecular weight is 248 g/mol. The Morgan fingerprint density at radius 2 is 2.29 bits per heavy atom. The Kier molecular flexibility index (Phi) is 4.61. The second-order valence-corrected chi connectivity index (χ2v) is 5.66. The van der Waals surface area contributed by atoms with Crippen LogP contribution in [0.2, 0.25) is 0 Å². The van der Waals surface area contributed by atoms with Crippen molar-refractivity contribution < 1.29 is 0 Å². The maximum atomic E-state index is 5.65. The largest absolute Gasteiger partial charge is 0.271 e. The van der Waals surface area contributed by atoms with E-state index in [1.807, 2.05) is 18.3 Å². The SMILES string of the molecule is CC#CCCC(NN)c1cc2c(s1)CCCC2. The highest BCUT2D eigenvalue weighted by atomic mass is 32.1. The van der Waals surface area contributed by atoms with Gasteiger partial charge < -0.3 is 0 Å². The first-order valence-corrected chi connectivity index (χ1v) is 7.14. The van der Waals surface area contributed by atoms with Crippen LogP contribution in [0, 0.1) is 11.8 Å². The molecular formula is C14H20N2S. The van der Waals surface area contributed by atoms with Gasteiger partial charge in [-0.25, -0.2) is 0 Å². The fourth-order valence-electron chi connectivity index (χ4n) is 2.33. The highest BCUT2D eigenvalue weighted by Gasteiger charge is 2.17. The summed E-state index contributed by atoms with van der Waals surface area (Å²) in [5, 5.41) is 0. The molecule has 2 nitrogen and oxygen atoms in total. The summed E-state index contributed by atoms with van der Waals surface area (Å²) in [4.78, 5) is 2.96. The predicted octanol–water partition coefficient (Wildman–Crippen LogP) is 2.93. The van der Waals surface area contributed by atoms with E-state index >= 15 is 0 Å². The molecule has 1 atom stereocenters. The van der Waals surface area contributed by atoms with Gasteiger partial charge in [0.25, 0.3) is 0 Å². The van der Waals surface area contributed by atoms with E-state index in [1.54, 1.807) is 10.4 Å². The zero-order valence-electron chi connectivity index (χ0n) is 10.4. The Labute approximate surface area is 108 Å². The molecule has 0 aliphatic heterocycles. The fourth-order valence-corrected chi connectivity index (χ4v) is 3.69. The number of fused-ring (bicyclic) bond motifs is 1. The van der Waals surface area contributed by atoms with E-state index in [9.17, 15) is 0 Å². The van der Waals surface area contributed by atoms with Gasteiger partial charge in [-0.1, -0.05) is 0 Å². The number of nitrogens with two attached hydrogens (primary N) is 1. The second-order valence-electron chi connectivity index (χ2n) is 4.49. The van der Waals surface area contributed by atoms with E-state index in [-0.39, 0.29) is 6.04 Å². The van der Waals surface area contributed by atoms with Crippen molar-refractivity contribution >= 4 is 11.3 Å². The minimum Gasteiger partial charge on any atom is -0.271 e. The van der Waals surface area contributed by atoms with E-state index in [0.717, 1.165) is 12.8 Å². The van der Waals surface area contributed by atoms with Crippen LogP contribution >= 0.6 is 11.3 Å². The van der Waals surface area contributed by atoms with Gasteiger partial charge in [-0.3, -0.25) is 11.3 Å². The molecule has 1 aliphatic rings. The number of rotatable bonds is 4. The number of hydrogen-bond acceptors (Lipinski definition) is 3. The zero-order valence-corrected chi connectivity index (χ0v) is 11.2. The van der Waals surface area contributed by atoms with Crippen LogP contribution in [0.3, 0.4) is 0 Å². The van der Waals surface area contributed by atoms with E-state index in [2.05, 4.69) is 23.3 Å². The minimum atomic E-state index is 0.270. The van der Waals surface area contributed by atoms with Crippen molar-refractivity contribution in [3.8, 4) is 11.8 Å². The number of nitrogens with one attached hydrogen (secondary N) is 1. The van der Waals surface area contributed by atoms with Gasteiger partial charge in [0, 0.05) is 16.2 Å². The molecule has 0 saturated heterocycles. The second kappa shape index (κ2) is 6.20. The average Bonchev–Trinajstić information content (AvgIpc) is 2.78. The molecule has 0 fully saturated rings. The summed E-state index contributed by atoms with van der Waals surface area (Å²) in [5.41, 5.74) is 4.48. The number of aryl methyl sites for hydroxylation is 2. The number of hydrazine groups is 1. The molecular weight excluding hydrogens is 228 g/mol. The van der Waals surface area contributed by atoms with Crippen LogP contribution in [-0.2, 0) is 12.8 Å². The molecule has 92 valence electrons. The first kappa shape index (κ1) is 12.6. The molecule has 0 spiro atoms. The van der Waals surface area contributed by atoms with Crippen molar-refractivity contribution in [2.24, 2.45) is 5.84 Å². The summed E-state index contributed by atoms with van der Waals surface area (Å²) in [7, 11) is 0. The minimum absolute atomic E-state index is 0.270. The monoisotopic (exact) mass is 248 g/mol. The molecule has 17 heavy (non-hydrogen) atoms. The van der Waals surface area contributed by atoms with Crippen molar-refractivity contribution in [3.63, 3.8) is 0 Å². The Morgan fingerprint density at radius 3 is 3.00 bits per heavy atom. The summed E-state index contributed by atoms with van der Waals surface area (Å²) < 4.78 is 0. The molecule has 0 bridgehead atoms. The van der Waals surface area contributed by atoms with Gasteiger partial charge in [0.2, 0.25) is 0 Å². The lowest BCUT2D eigenvalue weighted by Gasteiger charge is -2.11. The smallest absolute Gasteiger partial charge is 0.0562 e. The molecule has 3 N–H and O–H groups in total. The number of thiophene rings is 1. The topological polar surface area (TPSA) is 38.0 Å². The van der Waals surface area contributed by atoms with E-state index in [1.165, 1.54) is 30.6 Å². The molecule has 0 saturated carbocycles. The molecule has 0 radical (unpaired) electrons. The van der Waals surface area contributed by atoms with Crippen molar-refractivity contribution in [1.29, 1.82) is 0 Å². The molecule has 1 aromatic rings. The van der Waals surface area contributed by atoms with E-state index in [0.29, 0.717) is 0 Å². The summed E-state index contributed by atoms with van der Waals surface area (Å²) in [6.07, 6.45) is 7.09. The van der Waals surface area contributed by atoms with Crippen LogP contribution in [0.1, 0.15) is 54.0 Å². The molecule has 3 heteroatoms. The Bertz CT molecular complexity index is 402. The van der Waals surface area contributed by atoms with E-state index in [4.69, 9.17) is 5.84 Å². The lowest BCUT2D eigenvalue weighted by Crippen LogP contribution is -2.27. The van der Waals surface area contributed by atoms with Gasteiger partial charge in [-0.2, -0.15) is 0 Å². The molecule has 1 aromatic heterocycles. The first-order chi connectivity index (χ1) is 8.35. The third-order valence-electron chi connectivity index (χ3n) is 3.30. The molecule has 0 aromatic carbocycles. The highest BCUT2D eigenvalue weighted by Crippen LogP contribution is 2.33. The van der Waals surface area contributed by atoms with Crippen LogP contribution in [0.25, 0.3) is 0 Å². The fraction of sp³-hybridized carbons (Fsp3) is 0.571. The Hall–Kier alpha value is -0.820. The quantitative estimate of drug-likeness (QED) is 0.488. The van der Waals surface area contributed by atoms with Crippen LogP contribution in [0.5, 0.6) is 0 Å². The third kappa shape index (κ3) is 3.10. The predicted molar refractivity (Wildman–Crippen MR) is 73.7 cm³/mol. The van der Waals surface area contributed by atoms with Gasteiger partial charge in [-0.15, -0.1) is 23.2 Å². The maximum absolute atomic E-state index is 5.65. The molecule has 1 aliphatic carbocycles. The Morgan fingerprint density at radius 1 is 1.47 bits per heavy atom. The zero-order chi connectivity index (χ0) is 12.1. The standard InChI is InChI=1S/C14H20N2S/c1-2-3-4-8-12(16-15)14-10-11-7-5-6-9-13(11)17-14/h10,12,16H,4-9,15H2,1H3. The van der Waals surface area contributed by atoms with Crippen LogP contribution in [0.15, 0.2) is 6.07 Å². The lowest BCUT2D eigenvalue weighted by atomic mass is 9.98. The van der Waals surface area contributed by atoms with Crippen molar-refractivity contribution in [2.45, 2.75) is 51.5 Å². The number of hydrogen-bond donors (Lipinski definition) is 2. The van der Waals surface area contributed by atoms with Crippen molar-refractivity contribution in [2.75, 3.05) is 0 Å². The van der Waals surface area contributed by atoms with Crippen LogP contribution in [0.4, 0.5) is 0 Å². The third-order valence-corrected chi connectivity index (χ3v) is 4.65. The lowest BCUT2D eigenvalue weighted by molar-refractivity contribution is 0.531. The molecule has 1 heterocycles. The molecule has 0 amide bonds. The first-order valence-electron chi connectivity index (χ1n) is 6.32. The summed E-state index contributed by atoms with van der Waals surface area (Å²) in [6.45, 7) is 1.88. The van der Waals surface area contributed by atoms with Gasteiger partial charge in [-0.05, 0) is 50.7 Å². The maximum Gasteiger partial charge on any atom is 0.0562 e. The van der Waals surface area contributed by atoms with E-state index < -0.39 is 0 Å². The van der Waals surface area contributed by atoms with Crippen LogP contribution < -0.4 is 11.3 Å². The Balaban J connectivity index is 2.07. The van der Waals surface area contributed by atoms with Crippen LogP contribution in [-0.4, -0.2) is 0 Å². The summed E-state index contributed by atoms with van der Waals surface area (Å²) in [6, 6.07) is 2.62. The van der Waals surface area contributed by atoms with Gasteiger partial charge >= 0.3 is 0 Å². The van der Waals surface area contributed by atoms with Gasteiger partial charge in [0.1, 0.15) is 0 Å². The van der Waals surface area contributed by atoms with Gasteiger partial charge in [0.15, 0.2) is 0 Å². The summed E-state index contributed by atoms with van der Waals surface area (Å²) in [5.74, 6) is 11.7. The van der Waals surface area contributed by atoms with Gasteiger partial charge in [0.05, 0.1) is 6.04 Å². The molecule has 1 unspecified atom stereocenters. The normalized spacial score (nSPS) is 15.9.